The molecule has 2 aliphatic rings. The second-order valence-electron chi connectivity index (χ2n) is 8.63. The molecular weight excluding hydrogens is 430 g/mol. The molecule has 2 atom stereocenters. The van der Waals surface area contributed by atoms with Crippen LogP contribution >= 0.6 is 0 Å². The number of likely N-dealkylation sites (tertiary alicyclic amines) is 1. The number of phenols is 1. The van der Waals surface area contributed by atoms with Crippen molar-refractivity contribution in [3.8, 4) is 23.0 Å². The monoisotopic (exact) mass is 456 g/mol. The highest BCUT2D eigenvalue weighted by atomic mass is 19.1. The number of nitrogens with one attached hydrogen (secondary N) is 1. The van der Waals surface area contributed by atoms with Crippen LogP contribution in [0.5, 0.6) is 11.8 Å². The van der Waals surface area contributed by atoms with E-state index in [1.165, 1.54) is 18.2 Å². The minimum Gasteiger partial charge on any atom is -0.507 e. The molecule has 0 bridgehead atoms. The van der Waals surface area contributed by atoms with Gasteiger partial charge in [-0.15, -0.1) is 0 Å². The molecule has 1 aromatic carbocycles. The lowest BCUT2D eigenvalue weighted by atomic mass is 10.1. The van der Waals surface area contributed by atoms with Gasteiger partial charge in [0.1, 0.15) is 29.7 Å². The Morgan fingerprint density at radius 2 is 2.03 bits per heavy atom. The summed E-state index contributed by atoms with van der Waals surface area (Å²) in [5, 5.41) is 13.9. The molecule has 2 aliphatic heterocycles. The highest BCUT2D eigenvalue weighted by molar-refractivity contribution is 5.90. The summed E-state index contributed by atoms with van der Waals surface area (Å²) in [5.41, 5.74) is -0.423. The van der Waals surface area contributed by atoms with Crippen molar-refractivity contribution in [1.82, 2.24) is 25.2 Å². The SMILES string of the molecule is CC1CNCCN1c1nc(OCC2CCN2C)nc2nc(-c3c(O)cccc3F)c(F)cc12. The Bertz CT molecular complexity index is 1170. The van der Waals surface area contributed by atoms with Crippen molar-refractivity contribution in [2.45, 2.75) is 25.4 Å². The number of nitrogens with zero attached hydrogens (tertiary/aromatic N) is 5. The fraction of sp³-hybridized carbons (Fsp3) is 0.435. The molecule has 3 aromatic rings. The molecule has 2 N–H and O–H groups in total. The number of aromatic hydroxyl groups is 1. The summed E-state index contributed by atoms with van der Waals surface area (Å²) in [6.45, 7) is 5.70. The van der Waals surface area contributed by atoms with Gasteiger partial charge in [-0.05, 0) is 45.1 Å². The number of aromatic nitrogens is 3. The van der Waals surface area contributed by atoms with Gasteiger partial charge in [0, 0.05) is 31.7 Å². The molecule has 0 aliphatic carbocycles. The number of hydrogen-bond donors (Lipinski definition) is 2. The van der Waals surface area contributed by atoms with Crippen LogP contribution in [0, 0.1) is 11.6 Å². The number of halogens is 2. The number of piperazine rings is 1. The Hall–Kier alpha value is -3.11. The summed E-state index contributed by atoms with van der Waals surface area (Å²) in [7, 11) is 2.03. The summed E-state index contributed by atoms with van der Waals surface area (Å²) in [6.07, 6.45) is 1.03. The number of hydrogen-bond acceptors (Lipinski definition) is 8. The molecule has 5 rings (SSSR count). The normalized spacial score (nSPS) is 21.3. The first-order valence-electron chi connectivity index (χ1n) is 11.1. The number of benzene rings is 1. The molecule has 4 heterocycles. The average Bonchev–Trinajstić information content (AvgIpc) is 2.78. The van der Waals surface area contributed by atoms with Gasteiger partial charge < -0.3 is 20.1 Å². The van der Waals surface area contributed by atoms with Crippen LogP contribution in [-0.4, -0.2) is 76.9 Å². The minimum atomic E-state index is -0.768. The Labute approximate surface area is 190 Å². The zero-order valence-corrected chi connectivity index (χ0v) is 18.6. The number of likely N-dealkylation sites (N-methyl/N-ethyl adjacent to an activating group) is 1. The number of phenolic OH excluding ortho intramolecular Hbond substituents is 1. The van der Waals surface area contributed by atoms with Crippen molar-refractivity contribution in [2.75, 3.05) is 44.7 Å². The molecule has 33 heavy (non-hydrogen) atoms. The maximum Gasteiger partial charge on any atom is 0.320 e. The van der Waals surface area contributed by atoms with Crippen LogP contribution in [0.1, 0.15) is 13.3 Å². The maximum atomic E-state index is 15.2. The Kier molecular flexibility index (Phi) is 5.71. The molecule has 10 heteroatoms. The van der Waals surface area contributed by atoms with Crippen LogP contribution in [-0.2, 0) is 0 Å². The van der Waals surface area contributed by atoms with Gasteiger partial charge in [-0.3, -0.25) is 4.90 Å². The summed E-state index contributed by atoms with van der Waals surface area (Å²) < 4.78 is 35.6. The van der Waals surface area contributed by atoms with E-state index < -0.39 is 17.4 Å². The van der Waals surface area contributed by atoms with E-state index in [-0.39, 0.29) is 35.0 Å². The van der Waals surface area contributed by atoms with Crippen molar-refractivity contribution < 1.29 is 18.6 Å². The van der Waals surface area contributed by atoms with Gasteiger partial charge >= 0.3 is 6.01 Å². The minimum absolute atomic E-state index is 0.112. The second-order valence-corrected chi connectivity index (χ2v) is 8.63. The van der Waals surface area contributed by atoms with Crippen LogP contribution in [0.2, 0.25) is 0 Å². The number of ether oxygens (including phenoxy) is 1. The lowest BCUT2D eigenvalue weighted by Crippen LogP contribution is -2.50. The predicted octanol–water partition coefficient (Wildman–Crippen LogP) is 2.56. The van der Waals surface area contributed by atoms with Crippen LogP contribution in [0.4, 0.5) is 14.6 Å². The highest BCUT2D eigenvalue weighted by Crippen LogP contribution is 2.36. The first-order chi connectivity index (χ1) is 15.9. The highest BCUT2D eigenvalue weighted by Gasteiger charge is 2.28. The zero-order chi connectivity index (χ0) is 23.1. The van der Waals surface area contributed by atoms with Gasteiger partial charge in [0.05, 0.1) is 10.9 Å². The molecule has 2 unspecified atom stereocenters. The number of pyridine rings is 1. The number of fused-ring (bicyclic) bond motifs is 1. The van der Waals surface area contributed by atoms with Crippen LogP contribution in [0.15, 0.2) is 24.3 Å². The molecule has 174 valence electrons. The van der Waals surface area contributed by atoms with Crippen molar-refractivity contribution in [3.05, 3.63) is 35.9 Å². The standard InChI is InChI=1S/C23H26F2N6O2/c1-13-11-26-7-9-31(13)22-15-10-17(25)20(19-16(24)4-3-5-18(19)32)27-21(15)28-23(29-22)33-12-14-6-8-30(14)2/h3-5,10,13-14,26,32H,6-9,11-12H2,1-2H3. The molecule has 2 saturated heterocycles. The summed E-state index contributed by atoms with van der Waals surface area (Å²) in [6, 6.07) is 5.60. The topological polar surface area (TPSA) is 86.6 Å². The lowest BCUT2D eigenvalue weighted by molar-refractivity contribution is 0.0732. The van der Waals surface area contributed by atoms with Gasteiger partial charge in [-0.25, -0.2) is 13.8 Å². The van der Waals surface area contributed by atoms with E-state index in [1.54, 1.807) is 0 Å². The third kappa shape index (κ3) is 4.04. The smallest absolute Gasteiger partial charge is 0.320 e. The quantitative estimate of drug-likeness (QED) is 0.606. The molecule has 2 fully saturated rings. The van der Waals surface area contributed by atoms with Gasteiger partial charge in [0.15, 0.2) is 11.5 Å². The van der Waals surface area contributed by atoms with E-state index in [1.807, 2.05) is 7.05 Å². The van der Waals surface area contributed by atoms with E-state index in [0.717, 1.165) is 32.1 Å². The van der Waals surface area contributed by atoms with Crippen molar-refractivity contribution >= 4 is 16.9 Å². The first kappa shape index (κ1) is 21.7. The maximum absolute atomic E-state index is 15.2. The molecule has 2 aromatic heterocycles. The average molecular weight is 456 g/mol. The molecular formula is C23H26F2N6O2. The molecule has 0 saturated carbocycles. The zero-order valence-electron chi connectivity index (χ0n) is 18.6. The van der Waals surface area contributed by atoms with Gasteiger partial charge in [-0.1, -0.05) is 6.07 Å². The van der Waals surface area contributed by atoms with Crippen molar-refractivity contribution in [1.29, 1.82) is 0 Å². The van der Waals surface area contributed by atoms with Crippen LogP contribution in [0.25, 0.3) is 22.3 Å². The summed E-state index contributed by atoms with van der Waals surface area (Å²) >= 11 is 0. The third-order valence-electron chi connectivity index (χ3n) is 6.44. The van der Waals surface area contributed by atoms with Gasteiger partial charge in [0.2, 0.25) is 0 Å². The fourth-order valence-corrected chi connectivity index (χ4v) is 4.31. The van der Waals surface area contributed by atoms with E-state index in [9.17, 15) is 9.50 Å². The van der Waals surface area contributed by atoms with Crippen LogP contribution in [0.3, 0.4) is 0 Å². The van der Waals surface area contributed by atoms with Gasteiger partial charge in [0.25, 0.3) is 0 Å². The first-order valence-corrected chi connectivity index (χ1v) is 11.1. The summed E-state index contributed by atoms with van der Waals surface area (Å²) in [4.78, 5) is 17.6. The predicted molar refractivity (Wildman–Crippen MR) is 121 cm³/mol. The molecule has 8 nitrogen and oxygen atoms in total. The van der Waals surface area contributed by atoms with Gasteiger partial charge in [-0.2, -0.15) is 9.97 Å². The van der Waals surface area contributed by atoms with E-state index >= 15 is 4.39 Å². The molecule has 0 radical (unpaired) electrons. The van der Waals surface area contributed by atoms with E-state index in [2.05, 4.69) is 37.0 Å². The Morgan fingerprint density at radius 3 is 2.73 bits per heavy atom. The molecule has 0 spiro atoms. The van der Waals surface area contributed by atoms with E-state index in [4.69, 9.17) is 4.74 Å². The Morgan fingerprint density at radius 1 is 1.18 bits per heavy atom. The summed E-state index contributed by atoms with van der Waals surface area (Å²) in [5.74, 6) is -1.40. The lowest BCUT2D eigenvalue weighted by Gasteiger charge is -2.37. The number of anilines is 1. The third-order valence-corrected chi connectivity index (χ3v) is 6.44. The van der Waals surface area contributed by atoms with Crippen LogP contribution < -0.4 is 15.0 Å². The largest absolute Gasteiger partial charge is 0.507 e. The van der Waals surface area contributed by atoms with E-state index in [0.29, 0.717) is 24.4 Å². The number of rotatable bonds is 5. The second kappa shape index (κ2) is 8.68. The van der Waals surface area contributed by atoms with Crippen molar-refractivity contribution in [2.24, 2.45) is 0 Å². The molecule has 0 amide bonds. The fourth-order valence-electron chi connectivity index (χ4n) is 4.31. The Balaban J connectivity index is 1.63. The van der Waals surface area contributed by atoms with Crippen molar-refractivity contribution in [3.63, 3.8) is 0 Å².